The largest absolute Gasteiger partial charge is 0.490 e. The highest BCUT2D eigenvalue weighted by atomic mass is 79.9. The molecule has 7 nitrogen and oxygen atoms in total. The molecule has 1 aliphatic rings. The predicted molar refractivity (Wildman–Crippen MR) is 160 cm³/mol. The van der Waals surface area contributed by atoms with E-state index in [1.54, 1.807) is 42.5 Å². The number of barbiturate groups is 1. The molecule has 1 saturated heterocycles. The second kappa shape index (κ2) is 11.4. The molecule has 1 aliphatic heterocycles. The van der Waals surface area contributed by atoms with E-state index in [0.717, 1.165) is 20.7 Å². The lowest BCUT2D eigenvalue weighted by Crippen LogP contribution is -2.57. The van der Waals surface area contributed by atoms with Gasteiger partial charge in [0, 0.05) is 5.39 Å². The van der Waals surface area contributed by atoms with Crippen LogP contribution in [0.4, 0.5) is 16.2 Å². The molecule has 0 aromatic heterocycles. The zero-order valence-electron chi connectivity index (χ0n) is 22.3. The first-order valence-electron chi connectivity index (χ1n) is 12.9. The number of anilines is 2. The Morgan fingerprint density at radius 3 is 2.25 bits per heavy atom. The number of fused-ring (bicyclic) bond motifs is 1. The summed E-state index contributed by atoms with van der Waals surface area (Å²) in [5, 5.41) is 1.58. The summed E-state index contributed by atoms with van der Waals surface area (Å²) >= 11 is 3.53. The van der Waals surface area contributed by atoms with E-state index in [9.17, 15) is 14.4 Å². The number of ether oxygens (including phenoxy) is 2. The van der Waals surface area contributed by atoms with E-state index in [-0.39, 0.29) is 5.57 Å². The average molecular weight is 599 g/mol. The van der Waals surface area contributed by atoms with Crippen LogP contribution in [0.5, 0.6) is 11.5 Å². The maximum Gasteiger partial charge on any atom is 0.343 e. The zero-order chi connectivity index (χ0) is 28.4. The van der Waals surface area contributed by atoms with Crippen molar-refractivity contribution in [2.45, 2.75) is 20.8 Å². The Kier molecular flexibility index (Phi) is 7.71. The van der Waals surface area contributed by atoms with Gasteiger partial charge in [-0.3, -0.25) is 9.59 Å². The molecule has 4 aromatic carbocycles. The van der Waals surface area contributed by atoms with Crippen molar-refractivity contribution in [1.82, 2.24) is 0 Å². The summed E-state index contributed by atoms with van der Waals surface area (Å²) < 4.78 is 12.1. The molecule has 202 valence electrons. The molecule has 0 spiro atoms. The number of hydrogen-bond donors (Lipinski definition) is 0. The van der Waals surface area contributed by atoms with Crippen LogP contribution < -0.4 is 19.3 Å². The molecule has 0 bridgehead atoms. The minimum atomic E-state index is -0.739. The lowest BCUT2D eigenvalue weighted by molar-refractivity contribution is -0.121. The maximum absolute atomic E-state index is 14.0. The molecule has 0 aliphatic carbocycles. The van der Waals surface area contributed by atoms with Gasteiger partial charge in [-0.25, -0.2) is 14.6 Å². The number of hydrogen-bond acceptors (Lipinski definition) is 5. The summed E-state index contributed by atoms with van der Waals surface area (Å²) in [5.41, 5.74) is 2.02. The van der Waals surface area contributed by atoms with Crippen LogP contribution in [0.1, 0.15) is 25.0 Å². The van der Waals surface area contributed by atoms with Gasteiger partial charge >= 0.3 is 6.03 Å². The molecule has 4 amide bonds. The zero-order valence-corrected chi connectivity index (χ0v) is 23.9. The number of urea groups is 1. The lowest BCUT2D eigenvalue weighted by Gasteiger charge is -2.34. The Bertz CT molecular complexity index is 1670. The van der Waals surface area contributed by atoms with Gasteiger partial charge in [-0.1, -0.05) is 48.5 Å². The molecule has 1 fully saturated rings. The van der Waals surface area contributed by atoms with Crippen molar-refractivity contribution in [2.24, 2.45) is 0 Å². The van der Waals surface area contributed by atoms with Crippen molar-refractivity contribution >= 4 is 62.0 Å². The summed E-state index contributed by atoms with van der Waals surface area (Å²) in [4.78, 5) is 44.0. The first-order valence-corrected chi connectivity index (χ1v) is 13.7. The van der Waals surface area contributed by atoms with Gasteiger partial charge in [-0.2, -0.15) is 0 Å². The Labute approximate surface area is 240 Å². The molecule has 0 N–H and O–H groups in total. The molecular formula is C32H27BrN2O5. The average Bonchev–Trinajstić information content (AvgIpc) is 2.93. The minimum Gasteiger partial charge on any atom is -0.490 e. The third kappa shape index (κ3) is 4.98. The highest BCUT2D eigenvalue weighted by Gasteiger charge is 2.44. The van der Waals surface area contributed by atoms with Crippen molar-refractivity contribution in [3.63, 3.8) is 0 Å². The smallest absolute Gasteiger partial charge is 0.343 e. The minimum absolute atomic E-state index is 0.160. The highest BCUT2D eigenvalue weighted by molar-refractivity contribution is 9.10. The topological polar surface area (TPSA) is 76.2 Å². The van der Waals surface area contributed by atoms with Crippen molar-refractivity contribution in [3.05, 3.63) is 100 Å². The van der Waals surface area contributed by atoms with Crippen LogP contribution in [-0.4, -0.2) is 31.1 Å². The van der Waals surface area contributed by atoms with Crippen LogP contribution in [0, 0.1) is 6.92 Å². The van der Waals surface area contributed by atoms with Crippen molar-refractivity contribution < 1.29 is 23.9 Å². The second-order valence-electron chi connectivity index (χ2n) is 9.16. The number of aryl methyl sites for hydroxylation is 1. The van der Waals surface area contributed by atoms with Crippen molar-refractivity contribution in [3.8, 4) is 11.5 Å². The van der Waals surface area contributed by atoms with E-state index in [0.29, 0.717) is 51.5 Å². The first-order chi connectivity index (χ1) is 19.3. The van der Waals surface area contributed by atoms with Crippen LogP contribution in [0.15, 0.2) is 88.9 Å². The van der Waals surface area contributed by atoms with Crippen LogP contribution in [0.2, 0.25) is 0 Å². The fourth-order valence-corrected chi connectivity index (χ4v) is 5.30. The number of carbonyl (C=O) groups is 3. The molecule has 8 heteroatoms. The summed E-state index contributed by atoms with van der Waals surface area (Å²) in [5.74, 6) is -0.418. The van der Waals surface area contributed by atoms with Crippen LogP contribution in [0.3, 0.4) is 0 Å². The van der Waals surface area contributed by atoms with E-state index < -0.39 is 17.8 Å². The molecule has 0 atom stereocenters. The van der Waals surface area contributed by atoms with E-state index in [2.05, 4.69) is 15.9 Å². The van der Waals surface area contributed by atoms with Gasteiger partial charge in [0.15, 0.2) is 11.5 Å². The molecule has 0 unspecified atom stereocenters. The monoisotopic (exact) mass is 598 g/mol. The first kappa shape index (κ1) is 27.1. The normalized spacial score (nSPS) is 14.8. The molecule has 4 aromatic rings. The van der Waals surface area contributed by atoms with Crippen LogP contribution in [0.25, 0.3) is 16.8 Å². The fourth-order valence-electron chi connectivity index (χ4n) is 4.73. The standard InChI is InChI=1S/C32H27BrN2O5/c1-4-39-28-19-21(18-26(33)29(28)40-5-2)17-25-30(36)34(23-13-8-10-20(3)16-23)32(38)35(31(25)37)27-15-9-12-22-11-6-7-14-24(22)27/h6-19H,4-5H2,1-3H3/b25-17+. The summed E-state index contributed by atoms with van der Waals surface area (Å²) in [6, 6.07) is 22.7. The van der Waals surface area contributed by atoms with E-state index in [1.807, 2.05) is 57.2 Å². The number of nitrogens with zero attached hydrogens (tertiary/aromatic N) is 2. The van der Waals surface area contributed by atoms with E-state index >= 15 is 0 Å². The Morgan fingerprint density at radius 1 is 0.800 bits per heavy atom. The van der Waals surface area contributed by atoms with Gasteiger partial charge in [0.25, 0.3) is 11.8 Å². The second-order valence-corrected chi connectivity index (χ2v) is 10.0. The number of rotatable bonds is 7. The summed E-state index contributed by atoms with van der Waals surface area (Å²) in [7, 11) is 0. The fraction of sp³-hybridized carbons (Fsp3) is 0.156. The van der Waals surface area contributed by atoms with Gasteiger partial charge in [-0.05, 0) is 89.6 Å². The van der Waals surface area contributed by atoms with Crippen LogP contribution >= 0.6 is 15.9 Å². The molecule has 40 heavy (non-hydrogen) atoms. The quantitative estimate of drug-likeness (QED) is 0.165. The summed E-state index contributed by atoms with van der Waals surface area (Å²) in [6.45, 7) is 6.44. The molecule has 1 heterocycles. The summed E-state index contributed by atoms with van der Waals surface area (Å²) in [6.07, 6.45) is 1.49. The number of benzene rings is 4. The molecular weight excluding hydrogens is 572 g/mol. The maximum atomic E-state index is 14.0. The number of halogens is 1. The SMILES string of the molecule is CCOc1cc(/C=C2\C(=O)N(c3cccc(C)c3)C(=O)N(c3cccc4ccccc34)C2=O)cc(Br)c1OCC. The third-order valence-corrected chi connectivity index (χ3v) is 7.04. The van der Waals surface area contributed by atoms with Gasteiger partial charge in [0.1, 0.15) is 5.57 Å². The van der Waals surface area contributed by atoms with Crippen molar-refractivity contribution in [2.75, 3.05) is 23.0 Å². The lowest BCUT2D eigenvalue weighted by atomic mass is 10.0. The highest BCUT2D eigenvalue weighted by Crippen LogP contribution is 2.39. The number of amides is 4. The number of carbonyl (C=O) groups excluding carboxylic acids is 3. The Morgan fingerprint density at radius 2 is 1.50 bits per heavy atom. The van der Waals surface area contributed by atoms with Gasteiger partial charge in [-0.15, -0.1) is 0 Å². The Balaban J connectivity index is 1.71. The molecule has 0 radical (unpaired) electrons. The number of imide groups is 2. The predicted octanol–water partition coefficient (Wildman–Crippen LogP) is 7.29. The molecule has 5 rings (SSSR count). The van der Waals surface area contributed by atoms with Crippen molar-refractivity contribution in [1.29, 1.82) is 0 Å². The van der Waals surface area contributed by atoms with E-state index in [1.165, 1.54) is 6.08 Å². The molecule has 0 saturated carbocycles. The van der Waals surface area contributed by atoms with Gasteiger partial charge in [0.2, 0.25) is 0 Å². The van der Waals surface area contributed by atoms with Gasteiger partial charge in [0.05, 0.1) is 29.1 Å². The van der Waals surface area contributed by atoms with Gasteiger partial charge < -0.3 is 9.47 Å². The third-order valence-electron chi connectivity index (χ3n) is 6.45. The van der Waals surface area contributed by atoms with Crippen LogP contribution in [-0.2, 0) is 9.59 Å². The van der Waals surface area contributed by atoms with E-state index in [4.69, 9.17) is 9.47 Å². The Hall–Kier alpha value is -4.43.